The van der Waals surface area contributed by atoms with Gasteiger partial charge >= 0.3 is 6.18 Å². The Bertz CT molecular complexity index is 1100. The number of hydrogen-bond acceptors (Lipinski definition) is 5. The molecule has 3 heterocycles. The lowest BCUT2D eigenvalue weighted by molar-refractivity contribution is -0.137. The Morgan fingerprint density at radius 1 is 1.21 bits per heavy atom. The van der Waals surface area contributed by atoms with E-state index < -0.39 is 11.7 Å². The third kappa shape index (κ3) is 5.27. The van der Waals surface area contributed by atoms with Gasteiger partial charge in [0.05, 0.1) is 22.3 Å². The first-order chi connectivity index (χ1) is 15.7. The van der Waals surface area contributed by atoms with Crippen LogP contribution >= 0.6 is 11.6 Å². The highest BCUT2D eigenvalue weighted by Gasteiger charge is 2.33. The van der Waals surface area contributed by atoms with Crippen molar-refractivity contribution in [3.8, 4) is 5.69 Å². The lowest BCUT2D eigenvalue weighted by Gasteiger charge is -2.33. The molecule has 3 aromatic rings. The van der Waals surface area contributed by atoms with Gasteiger partial charge in [-0.25, -0.2) is 14.6 Å². The molecule has 0 saturated carbocycles. The Labute approximate surface area is 193 Å². The summed E-state index contributed by atoms with van der Waals surface area (Å²) in [5.41, 5.74) is 0.955. The number of amides is 1. The molecule has 0 spiro atoms. The molecule has 1 aliphatic heterocycles. The van der Waals surface area contributed by atoms with Crippen LogP contribution in [-0.4, -0.2) is 38.7 Å². The van der Waals surface area contributed by atoms with Crippen LogP contribution in [0.4, 0.5) is 19.0 Å². The number of nitrogens with one attached hydrogen (secondary N) is 1. The number of halogens is 4. The molecule has 33 heavy (non-hydrogen) atoms. The second-order valence-electron chi connectivity index (χ2n) is 7.95. The first-order valence-corrected chi connectivity index (χ1v) is 10.8. The summed E-state index contributed by atoms with van der Waals surface area (Å²) >= 11 is 6.06. The topological polar surface area (TPSA) is 75.9 Å². The van der Waals surface area contributed by atoms with E-state index in [9.17, 15) is 18.0 Å². The maximum Gasteiger partial charge on any atom is 0.417 e. The molecule has 0 aliphatic carbocycles. The summed E-state index contributed by atoms with van der Waals surface area (Å²) in [5, 5.41) is 7.09. The van der Waals surface area contributed by atoms with E-state index in [0.29, 0.717) is 31.7 Å². The lowest BCUT2D eigenvalue weighted by atomic mass is 9.95. The molecule has 1 aliphatic rings. The van der Waals surface area contributed by atoms with E-state index in [0.717, 1.165) is 23.5 Å². The fourth-order valence-electron chi connectivity index (χ4n) is 3.84. The highest BCUT2D eigenvalue weighted by atomic mass is 35.5. The van der Waals surface area contributed by atoms with Gasteiger partial charge in [0.25, 0.3) is 0 Å². The number of rotatable bonds is 5. The predicted molar refractivity (Wildman–Crippen MR) is 117 cm³/mol. The van der Waals surface area contributed by atoms with Crippen LogP contribution in [0.1, 0.15) is 36.9 Å². The normalized spacial score (nSPS) is 16.0. The zero-order chi connectivity index (χ0) is 23.6. The number of alkyl halides is 3. The lowest BCUT2D eigenvalue weighted by Crippen LogP contribution is -2.41. The molecular formula is C22H22ClF3N6O. The maximum absolute atomic E-state index is 12.8. The maximum atomic E-state index is 12.8. The van der Waals surface area contributed by atoms with Crippen molar-refractivity contribution in [2.45, 2.75) is 32.0 Å². The first-order valence-electron chi connectivity index (χ1n) is 10.5. The Balaban J connectivity index is 1.32. The molecule has 1 amide bonds. The zero-order valence-corrected chi connectivity index (χ0v) is 18.5. The van der Waals surface area contributed by atoms with E-state index in [1.165, 1.54) is 6.33 Å². The molecule has 1 saturated heterocycles. The Morgan fingerprint density at radius 3 is 2.48 bits per heavy atom. The number of hydrogen-bond donors (Lipinski definition) is 1. The van der Waals surface area contributed by atoms with E-state index >= 15 is 0 Å². The standard InChI is InChI=1S/C22H22ClF3N6O/c1-14(15-2-4-18(5-3-15)32-13-27-12-29-32)30-21(33)16-6-8-31(9-7-16)20-19(23)10-17(11-28-20)22(24,25)26/h2-5,10-14,16H,6-9H2,1H3,(H,30,33). The minimum atomic E-state index is -4.49. The summed E-state index contributed by atoms with van der Waals surface area (Å²) < 4.78 is 40.1. The number of benzene rings is 1. The minimum absolute atomic E-state index is 0.0457. The SMILES string of the molecule is CC(NC(=O)C1CCN(c2ncc(C(F)(F)F)cc2Cl)CC1)c1ccc(-n2cncn2)cc1. The first kappa shape index (κ1) is 23.0. The van der Waals surface area contributed by atoms with Crippen LogP contribution in [0.25, 0.3) is 5.69 Å². The zero-order valence-electron chi connectivity index (χ0n) is 17.8. The van der Waals surface area contributed by atoms with Crippen molar-refractivity contribution in [1.29, 1.82) is 0 Å². The van der Waals surface area contributed by atoms with E-state index in [1.54, 1.807) is 11.0 Å². The van der Waals surface area contributed by atoms with Gasteiger partial charge in [-0.2, -0.15) is 18.3 Å². The fourth-order valence-corrected chi connectivity index (χ4v) is 4.13. The van der Waals surface area contributed by atoms with Crippen LogP contribution < -0.4 is 10.2 Å². The number of carbonyl (C=O) groups is 1. The van der Waals surface area contributed by atoms with Gasteiger partial charge in [-0.3, -0.25) is 4.79 Å². The van der Waals surface area contributed by atoms with Crippen LogP contribution in [0, 0.1) is 5.92 Å². The van der Waals surface area contributed by atoms with Crippen molar-refractivity contribution in [2.24, 2.45) is 5.92 Å². The smallest absolute Gasteiger partial charge is 0.355 e. The largest absolute Gasteiger partial charge is 0.417 e. The van der Waals surface area contributed by atoms with Crippen molar-refractivity contribution < 1.29 is 18.0 Å². The molecule has 1 unspecified atom stereocenters. The number of piperidine rings is 1. The average molecular weight is 479 g/mol. The molecule has 1 atom stereocenters. The van der Waals surface area contributed by atoms with Crippen molar-refractivity contribution in [2.75, 3.05) is 18.0 Å². The molecule has 1 aromatic carbocycles. The molecule has 11 heteroatoms. The van der Waals surface area contributed by atoms with Gasteiger partial charge in [0.15, 0.2) is 0 Å². The number of aromatic nitrogens is 4. The summed E-state index contributed by atoms with van der Waals surface area (Å²) in [6.07, 6.45) is 0.485. The van der Waals surface area contributed by atoms with Crippen molar-refractivity contribution in [3.05, 3.63) is 65.3 Å². The molecule has 1 fully saturated rings. The summed E-state index contributed by atoms with van der Waals surface area (Å²) in [6.45, 7) is 2.89. The van der Waals surface area contributed by atoms with Crippen molar-refractivity contribution in [3.63, 3.8) is 0 Å². The Kier molecular flexibility index (Phi) is 6.55. The number of pyridine rings is 1. The number of carbonyl (C=O) groups excluding carboxylic acids is 1. The van der Waals surface area contributed by atoms with Gasteiger partial charge in [-0.05, 0) is 43.5 Å². The van der Waals surface area contributed by atoms with E-state index in [4.69, 9.17) is 11.6 Å². The molecule has 2 aromatic heterocycles. The van der Waals surface area contributed by atoms with E-state index in [1.807, 2.05) is 36.1 Å². The van der Waals surface area contributed by atoms with Crippen LogP contribution in [0.5, 0.6) is 0 Å². The molecule has 1 N–H and O–H groups in total. The third-order valence-electron chi connectivity index (χ3n) is 5.75. The summed E-state index contributed by atoms with van der Waals surface area (Å²) in [5.74, 6) is 0.0738. The Hall–Kier alpha value is -3.14. The predicted octanol–water partition coefficient (Wildman–Crippen LogP) is 4.43. The van der Waals surface area contributed by atoms with Gasteiger partial charge in [-0.1, -0.05) is 23.7 Å². The fraction of sp³-hybridized carbons (Fsp3) is 0.364. The molecule has 174 valence electrons. The van der Waals surface area contributed by atoms with Crippen molar-refractivity contribution >= 4 is 23.3 Å². The van der Waals surface area contributed by atoms with Gasteiger partial charge in [-0.15, -0.1) is 0 Å². The quantitative estimate of drug-likeness (QED) is 0.587. The van der Waals surface area contributed by atoms with Gasteiger partial charge in [0.2, 0.25) is 5.91 Å². The van der Waals surface area contributed by atoms with Crippen LogP contribution in [0.3, 0.4) is 0 Å². The number of nitrogens with zero attached hydrogens (tertiary/aromatic N) is 5. The molecular weight excluding hydrogens is 457 g/mol. The monoisotopic (exact) mass is 478 g/mol. The van der Waals surface area contributed by atoms with Gasteiger partial charge in [0, 0.05) is 25.2 Å². The summed E-state index contributed by atoms with van der Waals surface area (Å²) in [4.78, 5) is 22.4. The summed E-state index contributed by atoms with van der Waals surface area (Å²) in [7, 11) is 0. The van der Waals surface area contributed by atoms with E-state index in [-0.39, 0.29) is 22.9 Å². The second kappa shape index (κ2) is 9.38. The molecule has 4 rings (SSSR count). The molecule has 0 bridgehead atoms. The van der Waals surface area contributed by atoms with Crippen LogP contribution in [0.15, 0.2) is 49.2 Å². The Morgan fingerprint density at radius 2 is 1.91 bits per heavy atom. The van der Waals surface area contributed by atoms with E-state index in [2.05, 4.69) is 20.4 Å². The average Bonchev–Trinajstić information content (AvgIpc) is 3.33. The highest BCUT2D eigenvalue weighted by Crippen LogP contribution is 2.34. The van der Waals surface area contributed by atoms with Crippen molar-refractivity contribution in [1.82, 2.24) is 25.1 Å². The number of anilines is 1. The second-order valence-corrected chi connectivity index (χ2v) is 8.36. The third-order valence-corrected chi connectivity index (χ3v) is 6.03. The van der Waals surface area contributed by atoms with Gasteiger partial charge in [0.1, 0.15) is 18.5 Å². The van der Waals surface area contributed by atoms with Gasteiger partial charge < -0.3 is 10.2 Å². The minimum Gasteiger partial charge on any atom is -0.355 e. The summed E-state index contributed by atoms with van der Waals surface area (Å²) in [6, 6.07) is 8.40. The van der Waals surface area contributed by atoms with Crippen LogP contribution in [-0.2, 0) is 11.0 Å². The molecule has 7 nitrogen and oxygen atoms in total. The molecule has 0 radical (unpaired) electrons. The highest BCUT2D eigenvalue weighted by molar-refractivity contribution is 6.33. The van der Waals surface area contributed by atoms with Crippen LogP contribution in [0.2, 0.25) is 5.02 Å².